The van der Waals surface area contributed by atoms with E-state index in [1.165, 1.54) is 17.4 Å². The Hall–Kier alpha value is -1.88. The van der Waals surface area contributed by atoms with E-state index in [9.17, 15) is 9.59 Å². The van der Waals surface area contributed by atoms with Crippen LogP contribution in [0.2, 0.25) is 0 Å². The zero-order valence-electron chi connectivity index (χ0n) is 14.2. The van der Waals surface area contributed by atoms with Gasteiger partial charge in [-0.15, -0.1) is 0 Å². The van der Waals surface area contributed by atoms with Gasteiger partial charge in [-0.2, -0.15) is 0 Å². The largest absolute Gasteiger partial charge is 0.353 e. The predicted octanol–water partition coefficient (Wildman–Crippen LogP) is 1.84. The second kappa shape index (κ2) is 8.54. The highest BCUT2D eigenvalue weighted by Crippen LogP contribution is 2.20. The molecular formula is C17H27N3O2. The Morgan fingerprint density at radius 2 is 1.73 bits per heavy atom. The fourth-order valence-corrected chi connectivity index (χ4v) is 2.04. The topological polar surface area (TPSA) is 52.7 Å². The minimum Gasteiger partial charge on any atom is -0.353 e. The fraction of sp³-hybridized carbons (Fsp3) is 0.529. The van der Waals surface area contributed by atoms with Crippen LogP contribution >= 0.6 is 0 Å². The normalized spacial score (nSPS) is 10.9. The molecule has 0 saturated heterocycles. The number of amides is 2. The van der Waals surface area contributed by atoms with Crippen LogP contribution in [0.5, 0.6) is 0 Å². The number of nitrogens with one attached hydrogen (secondary N) is 1. The van der Waals surface area contributed by atoms with Gasteiger partial charge in [0.15, 0.2) is 0 Å². The molecule has 1 rings (SSSR count). The highest BCUT2D eigenvalue weighted by atomic mass is 16.2. The van der Waals surface area contributed by atoms with Crippen LogP contribution in [0.15, 0.2) is 24.3 Å². The van der Waals surface area contributed by atoms with E-state index in [1.807, 2.05) is 43.3 Å². The van der Waals surface area contributed by atoms with E-state index in [1.54, 1.807) is 0 Å². The molecule has 2 amide bonds. The van der Waals surface area contributed by atoms with Gasteiger partial charge in [-0.1, -0.05) is 26.0 Å². The molecule has 22 heavy (non-hydrogen) atoms. The quantitative estimate of drug-likeness (QED) is 0.836. The molecule has 0 aromatic heterocycles. The van der Waals surface area contributed by atoms with Gasteiger partial charge < -0.3 is 15.1 Å². The zero-order chi connectivity index (χ0) is 16.7. The maximum atomic E-state index is 12.0. The molecule has 0 saturated carbocycles. The number of likely N-dealkylation sites (N-methyl/N-ethyl adjacent to an activating group) is 1. The molecule has 0 radical (unpaired) electrons. The maximum absolute atomic E-state index is 12.0. The van der Waals surface area contributed by atoms with Crippen LogP contribution in [0.25, 0.3) is 0 Å². The van der Waals surface area contributed by atoms with Crippen LogP contribution in [0, 0.1) is 0 Å². The average molecular weight is 305 g/mol. The molecule has 5 nitrogen and oxygen atoms in total. The van der Waals surface area contributed by atoms with Crippen molar-refractivity contribution < 1.29 is 9.59 Å². The lowest BCUT2D eigenvalue weighted by Crippen LogP contribution is -2.41. The standard InChI is InChI=1S/C17H27N3O2/c1-13(2)15-6-8-16(9-7-15)20(14(3)21)12-17(22)18-10-11-19(4)5/h6-9,13H,10-12H2,1-5H3,(H,18,22). The van der Waals surface area contributed by atoms with Crippen LogP contribution in [-0.2, 0) is 9.59 Å². The molecule has 0 spiro atoms. The minimum absolute atomic E-state index is 0.0454. The Bertz CT molecular complexity index is 495. The van der Waals surface area contributed by atoms with Gasteiger partial charge in [-0.05, 0) is 37.7 Å². The Kier molecular flexibility index (Phi) is 7.05. The van der Waals surface area contributed by atoms with Crippen molar-refractivity contribution in [3.05, 3.63) is 29.8 Å². The molecule has 0 aliphatic heterocycles. The van der Waals surface area contributed by atoms with E-state index >= 15 is 0 Å². The molecule has 0 aliphatic carbocycles. The van der Waals surface area contributed by atoms with E-state index in [2.05, 4.69) is 19.2 Å². The van der Waals surface area contributed by atoms with Crippen molar-refractivity contribution >= 4 is 17.5 Å². The third-order valence-corrected chi connectivity index (χ3v) is 3.43. The summed E-state index contributed by atoms with van der Waals surface area (Å²) in [7, 11) is 3.90. The smallest absolute Gasteiger partial charge is 0.240 e. The Morgan fingerprint density at radius 1 is 1.14 bits per heavy atom. The second-order valence-electron chi connectivity index (χ2n) is 6.00. The second-order valence-corrected chi connectivity index (χ2v) is 6.00. The summed E-state index contributed by atoms with van der Waals surface area (Å²) in [6, 6.07) is 7.79. The predicted molar refractivity (Wildman–Crippen MR) is 90.1 cm³/mol. The van der Waals surface area contributed by atoms with Crippen LogP contribution in [0.1, 0.15) is 32.3 Å². The van der Waals surface area contributed by atoms with Gasteiger partial charge >= 0.3 is 0 Å². The van der Waals surface area contributed by atoms with Crippen molar-refractivity contribution in [3.63, 3.8) is 0 Å². The number of carbonyl (C=O) groups excluding carboxylic acids is 2. The van der Waals surface area contributed by atoms with Crippen molar-refractivity contribution in [1.82, 2.24) is 10.2 Å². The van der Waals surface area contributed by atoms with Gasteiger partial charge in [0.25, 0.3) is 0 Å². The molecule has 0 unspecified atom stereocenters. The Balaban J connectivity index is 2.69. The highest BCUT2D eigenvalue weighted by molar-refractivity contribution is 5.97. The van der Waals surface area contributed by atoms with Crippen LogP contribution < -0.4 is 10.2 Å². The van der Waals surface area contributed by atoms with Gasteiger partial charge in [-0.3, -0.25) is 9.59 Å². The van der Waals surface area contributed by atoms with Gasteiger partial charge in [0, 0.05) is 25.7 Å². The Labute approximate surface area is 133 Å². The van der Waals surface area contributed by atoms with Crippen molar-refractivity contribution in [3.8, 4) is 0 Å². The lowest BCUT2D eigenvalue weighted by molar-refractivity contribution is -0.123. The monoisotopic (exact) mass is 305 g/mol. The average Bonchev–Trinajstić information content (AvgIpc) is 2.44. The van der Waals surface area contributed by atoms with E-state index in [-0.39, 0.29) is 18.4 Å². The molecule has 0 atom stereocenters. The molecule has 0 aliphatic rings. The first-order valence-electron chi connectivity index (χ1n) is 7.60. The summed E-state index contributed by atoms with van der Waals surface area (Å²) in [6.07, 6.45) is 0. The van der Waals surface area contributed by atoms with Crippen LogP contribution in [0.4, 0.5) is 5.69 Å². The number of carbonyl (C=O) groups is 2. The number of benzene rings is 1. The highest BCUT2D eigenvalue weighted by Gasteiger charge is 2.15. The van der Waals surface area contributed by atoms with E-state index in [0.29, 0.717) is 12.5 Å². The summed E-state index contributed by atoms with van der Waals surface area (Å²) in [5, 5.41) is 2.82. The van der Waals surface area contributed by atoms with Crippen LogP contribution in [-0.4, -0.2) is 50.4 Å². The Morgan fingerprint density at radius 3 is 2.18 bits per heavy atom. The zero-order valence-corrected chi connectivity index (χ0v) is 14.2. The molecule has 5 heteroatoms. The van der Waals surface area contributed by atoms with Crippen molar-refractivity contribution in [2.45, 2.75) is 26.7 Å². The van der Waals surface area contributed by atoms with Gasteiger partial charge in [0.2, 0.25) is 11.8 Å². The molecular weight excluding hydrogens is 278 g/mol. The number of hydrogen-bond donors (Lipinski definition) is 1. The van der Waals surface area contributed by atoms with Crippen molar-refractivity contribution in [2.24, 2.45) is 0 Å². The van der Waals surface area contributed by atoms with Gasteiger partial charge in [0.1, 0.15) is 6.54 Å². The summed E-state index contributed by atoms with van der Waals surface area (Å²) in [4.78, 5) is 27.3. The number of nitrogens with zero attached hydrogens (tertiary/aromatic N) is 2. The third kappa shape index (κ3) is 5.85. The fourth-order valence-electron chi connectivity index (χ4n) is 2.04. The first kappa shape index (κ1) is 18.2. The lowest BCUT2D eigenvalue weighted by Gasteiger charge is -2.21. The van der Waals surface area contributed by atoms with E-state index in [0.717, 1.165) is 12.2 Å². The molecule has 0 bridgehead atoms. The first-order valence-corrected chi connectivity index (χ1v) is 7.60. The number of anilines is 1. The SMILES string of the molecule is CC(=O)N(CC(=O)NCCN(C)C)c1ccc(C(C)C)cc1. The summed E-state index contributed by atoms with van der Waals surface area (Å²) < 4.78 is 0. The van der Waals surface area contributed by atoms with Crippen molar-refractivity contribution in [1.29, 1.82) is 0 Å². The van der Waals surface area contributed by atoms with Gasteiger partial charge in [-0.25, -0.2) is 0 Å². The maximum Gasteiger partial charge on any atom is 0.240 e. The molecule has 0 heterocycles. The number of rotatable bonds is 7. The molecule has 1 N–H and O–H groups in total. The molecule has 0 fully saturated rings. The third-order valence-electron chi connectivity index (χ3n) is 3.43. The summed E-state index contributed by atoms with van der Waals surface area (Å²) in [6.45, 7) is 7.11. The lowest BCUT2D eigenvalue weighted by atomic mass is 10.0. The molecule has 1 aromatic rings. The van der Waals surface area contributed by atoms with Crippen LogP contribution in [0.3, 0.4) is 0 Å². The van der Waals surface area contributed by atoms with Gasteiger partial charge in [0.05, 0.1) is 0 Å². The van der Waals surface area contributed by atoms with Crippen molar-refractivity contribution in [2.75, 3.05) is 38.6 Å². The van der Waals surface area contributed by atoms with E-state index in [4.69, 9.17) is 0 Å². The minimum atomic E-state index is -0.148. The summed E-state index contributed by atoms with van der Waals surface area (Å²) in [5.41, 5.74) is 1.96. The molecule has 1 aromatic carbocycles. The number of hydrogen-bond acceptors (Lipinski definition) is 3. The first-order chi connectivity index (χ1) is 10.3. The molecule has 122 valence electrons. The van der Waals surface area contributed by atoms with E-state index < -0.39 is 0 Å². The summed E-state index contributed by atoms with van der Waals surface area (Å²) in [5.74, 6) is 0.152. The summed E-state index contributed by atoms with van der Waals surface area (Å²) >= 11 is 0.